The van der Waals surface area contributed by atoms with E-state index in [1.165, 1.54) is 22.8 Å². The number of hydrogen-bond donors (Lipinski definition) is 1. The molecule has 4 rings (SSSR count). The molecule has 1 unspecified atom stereocenters. The summed E-state index contributed by atoms with van der Waals surface area (Å²) in [5.74, 6) is -0.414. The molecule has 2 atom stereocenters. The van der Waals surface area contributed by atoms with Gasteiger partial charge in [-0.2, -0.15) is 0 Å². The zero-order chi connectivity index (χ0) is 25.4. The van der Waals surface area contributed by atoms with Gasteiger partial charge in [0.05, 0.1) is 11.6 Å². The molecule has 3 aromatic rings. The van der Waals surface area contributed by atoms with Crippen LogP contribution in [-0.2, 0) is 17.4 Å². The maximum atomic E-state index is 14.0. The lowest BCUT2D eigenvalue weighted by molar-refractivity contribution is -0.101. The van der Waals surface area contributed by atoms with Gasteiger partial charge in [0.2, 0.25) is 5.56 Å². The fourth-order valence-electron chi connectivity index (χ4n) is 4.82. The number of carbonyl (C=O) groups is 1. The minimum Gasteiger partial charge on any atom is -0.438 e. The molecule has 1 saturated heterocycles. The fraction of sp³-hybridized carbons (Fsp3) is 0.357. The number of halogens is 1. The van der Waals surface area contributed by atoms with E-state index in [4.69, 9.17) is 4.74 Å². The Morgan fingerprint density at radius 2 is 1.77 bits per heavy atom. The lowest BCUT2D eigenvalue weighted by Crippen LogP contribution is -2.51. The van der Waals surface area contributed by atoms with E-state index in [0.717, 1.165) is 16.7 Å². The molecule has 184 valence electrons. The molecule has 1 amide bonds. The Morgan fingerprint density at radius 1 is 1.09 bits per heavy atom. The van der Waals surface area contributed by atoms with E-state index in [2.05, 4.69) is 0 Å². The third-order valence-electron chi connectivity index (χ3n) is 6.62. The highest BCUT2D eigenvalue weighted by atomic mass is 19.1. The second-order valence-electron chi connectivity index (χ2n) is 9.97. The van der Waals surface area contributed by atoms with Gasteiger partial charge >= 0.3 is 6.09 Å². The number of carbonyl (C=O) groups excluding carboxylic acids is 1. The molecule has 1 aliphatic rings. The molecule has 0 aliphatic carbocycles. The number of benzene rings is 2. The minimum absolute atomic E-state index is 0.0681. The number of aryl methyl sites for hydroxylation is 1. The molecule has 2 heterocycles. The van der Waals surface area contributed by atoms with Crippen molar-refractivity contribution in [1.82, 2.24) is 9.47 Å². The summed E-state index contributed by atoms with van der Waals surface area (Å²) >= 11 is 0. The minimum atomic E-state index is -1.11. The molecule has 0 bridgehead atoms. The summed E-state index contributed by atoms with van der Waals surface area (Å²) in [6, 6.07) is 17.0. The standard InChI is InChI=1S/C28H31FN2O4/c1-19(20-8-10-21(11-9-20)22-12-13-25(32)30(4)17-22)31-15-14-28(35-26(31)33,18-27(2,3)34)23-6-5-7-24(29)16-23/h5-13,16-17,19,34H,14-15,18H2,1-4H3/t19-,28?/m0/s1. The van der Waals surface area contributed by atoms with Crippen LogP contribution in [-0.4, -0.2) is 32.8 Å². The number of cyclic esters (lactones) is 1. The Kier molecular flexibility index (Phi) is 6.56. The van der Waals surface area contributed by atoms with Gasteiger partial charge in [0, 0.05) is 38.7 Å². The van der Waals surface area contributed by atoms with Gasteiger partial charge in [0.25, 0.3) is 0 Å². The molecule has 0 radical (unpaired) electrons. The molecule has 0 spiro atoms. The fourth-order valence-corrected chi connectivity index (χ4v) is 4.82. The summed E-state index contributed by atoms with van der Waals surface area (Å²) in [5, 5.41) is 10.5. The highest BCUT2D eigenvalue weighted by molar-refractivity contribution is 5.70. The van der Waals surface area contributed by atoms with E-state index in [1.54, 1.807) is 50.2 Å². The van der Waals surface area contributed by atoms with Crippen LogP contribution >= 0.6 is 0 Å². The van der Waals surface area contributed by atoms with Crippen LogP contribution in [0.15, 0.2) is 71.7 Å². The van der Waals surface area contributed by atoms with Crippen molar-refractivity contribution >= 4 is 6.09 Å². The van der Waals surface area contributed by atoms with E-state index < -0.39 is 23.1 Å². The highest BCUT2D eigenvalue weighted by Gasteiger charge is 2.46. The summed E-state index contributed by atoms with van der Waals surface area (Å²) in [4.78, 5) is 26.5. The zero-order valence-corrected chi connectivity index (χ0v) is 20.5. The van der Waals surface area contributed by atoms with Crippen molar-refractivity contribution in [2.45, 2.75) is 50.9 Å². The zero-order valence-electron chi connectivity index (χ0n) is 20.5. The second kappa shape index (κ2) is 9.30. The molecule has 2 aromatic carbocycles. The maximum Gasteiger partial charge on any atom is 0.411 e. The molecule has 7 heteroatoms. The average Bonchev–Trinajstić information content (AvgIpc) is 2.80. The van der Waals surface area contributed by atoms with Crippen LogP contribution in [0.25, 0.3) is 11.1 Å². The van der Waals surface area contributed by atoms with E-state index in [1.807, 2.05) is 31.2 Å². The molecular weight excluding hydrogens is 447 g/mol. The van der Waals surface area contributed by atoms with Gasteiger partial charge in [-0.1, -0.05) is 36.4 Å². The number of aromatic nitrogens is 1. The Bertz CT molecular complexity index is 1280. The number of rotatable bonds is 6. The van der Waals surface area contributed by atoms with Gasteiger partial charge in [-0.25, -0.2) is 9.18 Å². The van der Waals surface area contributed by atoms with Crippen molar-refractivity contribution in [3.8, 4) is 11.1 Å². The summed E-state index contributed by atoms with van der Waals surface area (Å²) in [7, 11) is 1.71. The maximum absolute atomic E-state index is 14.0. The van der Waals surface area contributed by atoms with Crippen LogP contribution in [0.2, 0.25) is 0 Å². The van der Waals surface area contributed by atoms with E-state index >= 15 is 0 Å². The molecule has 35 heavy (non-hydrogen) atoms. The Morgan fingerprint density at radius 3 is 2.37 bits per heavy atom. The Labute approximate surface area is 204 Å². The summed E-state index contributed by atoms with van der Waals surface area (Å²) in [6.07, 6.45) is 1.87. The number of nitrogens with zero attached hydrogens (tertiary/aromatic N) is 2. The first kappa shape index (κ1) is 24.7. The van der Waals surface area contributed by atoms with Crippen molar-refractivity contribution in [3.05, 3.63) is 94.2 Å². The van der Waals surface area contributed by atoms with Crippen LogP contribution in [0.3, 0.4) is 0 Å². The van der Waals surface area contributed by atoms with E-state index in [9.17, 15) is 19.1 Å². The molecule has 6 nitrogen and oxygen atoms in total. The Hall–Kier alpha value is -3.45. The molecule has 1 aliphatic heterocycles. The van der Waals surface area contributed by atoms with Crippen molar-refractivity contribution < 1.29 is 19.0 Å². The smallest absolute Gasteiger partial charge is 0.411 e. The Balaban J connectivity index is 1.55. The lowest BCUT2D eigenvalue weighted by atomic mass is 9.80. The number of amides is 1. The normalized spacial score (nSPS) is 19.4. The van der Waals surface area contributed by atoms with Crippen LogP contribution in [0.5, 0.6) is 0 Å². The summed E-state index contributed by atoms with van der Waals surface area (Å²) in [6.45, 7) is 5.65. The van der Waals surface area contributed by atoms with E-state index in [0.29, 0.717) is 18.5 Å². The van der Waals surface area contributed by atoms with Crippen LogP contribution in [0, 0.1) is 5.82 Å². The molecular formula is C28H31FN2O4. The van der Waals surface area contributed by atoms with Crippen LogP contribution in [0.4, 0.5) is 9.18 Å². The quantitative estimate of drug-likeness (QED) is 0.532. The largest absolute Gasteiger partial charge is 0.438 e. The first-order chi connectivity index (χ1) is 16.5. The van der Waals surface area contributed by atoms with Crippen LogP contribution < -0.4 is 5.56 Å². The third kappa shape index (κ3) is 5.30. The van der Waals surface area contributed by atoms with Gasteiger partial charge in [-0.05, 0) is 61.2 Å². The lowest BCUT2D eigenvalue weighted by Gasteiger charge is -2.45. The van der Waals surface area contributed by atoms with Crippen LogP contribution in [0.1, 0.15) is 50.8 Å². The summed E-state index contributed by atoms with van der Waals surface area (Å²) < 4.78 is 21.5. The summed E-state index contributed by atoms with van der Waals surface area (Å²) in [5.41, 5.74) is 1.08. The highest BCUT2D eigenvalue weighted by Crippen LogP contribution is 2.42. The van der Waals surface area contributed by atoms with Crippen molar-refractivity contribution in [3.63, 3.8) is 0 Å². The second-order valence-corrected chi connectivity index (χ2v) is 9.97. The predicted molar refractivity (Wildman–Crippen MR) is 132 cm³/mol. The molecule has 1 aromatic heterocycles. The topological polar surface area (TPSA) is 71.8 Å². The van der Waals surface area contributed by atoms with Crippen molar-refractivity contribution in [2.75, 3.05) is 6.54 Å². The van der Waals surface area contributed by atoms with Gasteiger partial charge < -0.3 is 19.3 Å². The average molecular weight is 479 g/mol. The van der Waals surface area contributed by atoms with E-state index in [-0.39, 0.29) is 18.0 Å². The first-order valence-electron chi connectivity index (χ1n) is 11.7. The van der Waals surface area contributed by atoms with Gasteiger partial charge in [-0.15, -0.1) is 0 Å². The van der Waals surface area contributed by atoms with Gasteiger partial charge in [-0.3, -0.25) is 4.79 Å². The monoisotopic (exact) mass is 478 g/mol. The van der Waals surface area contributed by atoms with Crippen molar-refractivity contribution in [2.24, 2.45) is 7.05 Å². The van der Waals surface area contributed by atoms with Gasteiger partial charge in [0.15, 0.2) is 0 Å². The van der Waals surface area contributed by atoms with Gasteiger partial charge in [0.1, 0.15) is 11.4 Å². The number of aliphatic hydroxyl groups is 1. The number of pyridine rings is 1. The number of hydrogen-bond acceptors (Lipinski definition) is 4. The third-order valence-corrected chi connectivity index (χ3v) is 6.62. The number of ether oxygens (including phenoxy) is 1. The molecule has 1 N–H and O–H groups in total. The molecule has 1 fully saturated rings. The first-order valence-corrected chi connectivity index (χ1v) is 11.7. The predicted octanol–water partition coefficient (Wildman–Crippen LogP) is 5.15. The van der Waals surface area contributed by atoms with Crippen molar-refractivity contribution in [1.29, 1.82) is 0 Å². The SMILES string of the molecule is C[C@@H](c1ccc(-c2ccc(=O)n(C)c2)cc1)N1CCC(CC(C)(C)O)(c2cccc(F)c2)OC1=O. The molecule has 0 saturated carbocycles.